The van der Waals surface area contributed by atoms with E-state index in [4.69, 9.17) is 0 Å². The molecule has 1 heterocycles. The van der Waals surface area contributed by atoms with Crippen LogP contribution in [0.2, 0.25) is 0 Å². The summed E-state index contributed by atoms with van der Waals surface area (Å²) in [6, 6.07) is 17.2. The third-order valence-electron chi connectivity index (χ3n) is 6.40. The standard InChI is InChI=1S/C25H32N4O2/c1-18-16-22(18)25(31)26-21-10-8-20(9-11-21)24(30)27-23(19-6-4-3-5-7-19)17-29-14-12-28(2)13-15-29/h3-11,18,22-23H,12-17H2,1-2H3,(H,26,31)(H,27,30). The van der Waals surface area contributed by atoms with Gasteiger partial charge in [-0.1, -0.05) is 37.3 Å². The lowest BCUT2D eigenvalue weighted by Crippen LogP contribution is -2.47. The van der Waals surface area contributed by atoms with E-state index in [-0.39, 0.29) is 23.8 Å². The maximum atomic E-state index is 13.0. The third kappa shape index (κ3) is 5.71. The summed E-state index contributed by atoms with van der Waals surface area (Å²) in [5, 5.41) is 6.16. The molecule has 1 aliphatic carbocycles. The van der Waals surface area contributed by atoms with Gasteiger partial charge in [-0.25, -0.2) is 0 Å². The number of hydrogen-bond donors (Lipinski definition) is 2. The van der Waals surface area contributed by atoms with E-state index in [2.05, 4.69) is 46.5 Å². The second-order valence-electron chi connectivity index (χ2n) is 8.93. The Kier molecular flexibility index (Phi) is 6.68. The zero-order valence-electron chi connectivity index (χ0n) is 18.4. The maximum Gasteiger partial charge on any atom is 0.251 e. The van der Waals surface area contributed by atoms with E-state index in [1.165, 1.54) is 0 Å². The molecule has 2 aromatic carbocycles. The highest BCUT2D eigenvalue weighted by Gasteiger charge is 2.39. The van der Waals surface area contributed by atoms with Crippen LogP contribution in [0.5, 0.6) is 0 Å². The highest BCUT2D eigenvalue weighted by molar-refractivity contribution is 5.97. The monoisotopic (exact) mass is 420 g/mol. The molecule has 2 aliphatic rings. The molecule has 2 aromatic rings. The van der Waals surface area contributed by atoms with Crippen LogP contribution in [0.3, 0.4) is 0 Å². The second-order valence-corrected chi connectivity index (χ2v) is 8.93. The van der Waals surface area contributed by atoms with Crippen molar-refractivity contribution in [1.29, 1.82) is 0 Å². The van der Waals surface area contributed by atoms with Gasteiger partial charge in [0.05, 0.1) is 6.04 Å². The van der Waals surface area contributed by atoms with Crippen LogP contribution in [-0.4, -0.2) is 61.4 Å². The molecule has 0 spiro atoms. The summed E-state index contributed by atoms with van der Waals surface area (Å²) < 4.78 is 0. The van der Waals surface area contributed by atoms with Gasteiger partial charge in [-0.2, -0.15) is 0 Å². The van der Waals surface area contributed by atoms with Crippen LogP contribution in [0.1, 0.15) is 35.3 Å². The van der Waals surface area contributed by atoms with E-state index in [0.29, 0.717) is 11.5 Å². The van der Waals surface area contributed by atoms with Crippen molar-refractivity contribution in [2.24, 2.45) is 11.8 Å². The molecule has 0 aromatic heterocycles. The number of piperazine rings is 1. The predicted molar refractivity (Wildman–Crippen MR) is 123 cm³/mol. The van der Waals surface area contributed by atoms with E-state index < -0.39 is 0 Å². The van der Waals surface area contributed by atoms with Gasteiger partial charge in [-0.15, -0.1) is 0 Å². The van der Waals surface area contributed by atoms with Crippen molar-refractivity contribution >= 4 is 17.5 Å². The molecule has 0 radical (unpaired) electrons. The molecule has 6 nitrogen and oxygen atoms in total. The molecule has 3 unspecified atom stereocenters. The van der Waals surface area contributed by atoms with Crippen molar-refractivity contribution in [2.75, 3.05) is 45.1 Å². The smallest absolute Gasteiger partial charge is 0.251 e. The Balaban J connectivity index is 1.40. The first-order chi connectivity index (χ1) is 15.0. The highest BCUT2D eigenvalue weighted by atomic mass is 16.2. The van der Waals surface area contributed by atoms with Crippen molar-refractivity contribution in [3.63, 3.8) is 0 Å². The minimum atomic E-state index is -0.100. The molecule has 2 N–H and O–H groups in total. The number of likely N-dealkylation sites (N-methyl/N-ethyl adjacent to an activating group) is 1. The van der Waals surface area contributed by atoms with E-state index >= 15 is 0 Å². The summed E-state index contributed by atoms with van der Waals surface area (Å²) in [6.45, 7) is 6.97. The predicted octanol–water partition coefficient (Wildman–Crippen LogP) is 3.00. The Morgan fingerprint density at radius 1 is 1.00 bits per heavy atom. The maximum absolute atomic E-state index is 13.0. The van der Waals surface area contributed by atoms with Gasteiger partial charge < -0.3 is 15.5 Å². The van der Waals surface area contributed by atoms with Crippen LogP contribution in [-0.2, 0) is 4.79 Å². The first-order valence-electron chi connectivity index (χ1n) is 11.2. The number of amides is 2. The van der Waals surface area contributed by atoms with Crippen LogP contribution in [0.25, 0.3) is 0 Å². The van der Waals surface area contributed by atoms with Gasteiger partial charge in [-0.05, 0) is 49.2 Å². The van der Waals surface area contributed by atoms with Gasteiger partial charge in [0.25, 0.3) is 5.91 Å². The minimum absolute atomic E-state index is 0.0704. The first kappa shape index (κ1) is 21.5. The molecular formula is C25H32N4O2. The normalized spacial score (nSPS) is 22.5. The zero-order valence-corrected chi connectivity index (χ0v) is 18.4. The molecule has 2 amide bonds. The van der Waals surface area contributed by atoms with Crippen LogP contribution < -0.4 is 10.6 Å². The number of anilines is 1. The van der Waals surface area contributed by atoms with E-state index in [0.717, 1.165) is 50.4 Å². The summed E-state index contributed by atoms with van der Waals surface area (Å²) in [7, 11) is 2.14. The Morgan fingerprint density at radius 2 is 1.65 bits per heavy atom. The van der Waals surface area contributed by atoms with E-state index in [1.807, 2.05) is 18.2 Å². The van der Waals surface area contributed by atoms with E-state index in [1.54, 1.807) is 24.3 Å². The summed E-state index contributed by atoms with van der Waals surface area (Å²) >= 11 is 0. The number of carbonyl (C=O) groups is 2. The van der Waals surface area contributed by atoms with Crippen molar-refractivity contribution in [3.8, 4) is 0 Å². The van der Waals surface area contributed by atoms with Crippen LogP contribution in [0, 0.1) is 11.8 Å². The lowest BCUT2D eigenvalue weighted by atomic mass is 10.0. The lowest BCUT2D eigenvalue weighted by Gasteiger charge is -2.35. The fraction of sp³-hybridized carbons (Fsp3) is 0.440. The number of nitrogens with one attached hydrogen (secondary N) is 2. The SMILES string of the molecule is CC1CC1C(=O)Nc1ccc(C(=O)NC(CN2CCN(C)CC2)c2ccccc2)cc1. The highest BCUT2D eigenvalue weighted by Crippen LogP contribution is 2.38. The molecule has 1 saturated heterocycles. The average molecular weight is 421 g/mol. The molecule has 2 fully saturated rings. The van der Waals surface area contributed by atoms with Gasteiger partial charge in [0.2, 0.25) is 5.91 Å². The average Bonchev–Trinajstić information content (AvgIpc) is 3.52. The molecule has 3 atom stereocenters. The fourth-order valence-corrected chi connectivity index (χ4v) is 4.08. The van der Waals surface area contributed by atoms with Gasteiger partial charge in [0, 0.05) is 49.9 Å². The van der Waals surface area contributed by atoms with Gasteiger partial charge in [0.1, 0.15) is 0 Å². The summed E-state index contributed by atoms with van der Waals surface area (Å²) in [5.74, 6) is 0.571. The lowest BCUT2D eigenvalue weighted by molar-refractivity contribution is -0.117. The Morgan fingerprint density at radius 3 is 2.26 bits per heavy atom. The molecule has 164 valence electrons. The first-order valence-corrected chi connectivity index (χ1v) is 11.2. The molecule has 4 rings (SSSR count). The molecule has 6 heteroatoms. The molecule has 1 aliphatic heterocycles. The van der Waals surface area contributed by atoms with E-state index in [9.17, 15) is 9.59 Å². The van der Waals surface area contributed by atoms with Gasteiger partial charge in [0.15, 0.2) is 0 Å². The number of rotatable bonds is 7. The number of nitrogens with zero attached hydrogens (tertiary/aromatic N) is 2. The minimum Gasteiger partial charge on any atom is -0.344 e. The van der Waals surface area contributed by atoms with Crippen molar-refractivity contribution in [2.45, 2.75) is 19.4 Å². The second kappa shape index (κ2) is 9.62. The molecule has 1 saturated carbocycles. The summed E-state index contributed by atoms with van der Waals surface area (Å²) in [6.07, 6.45) is 0.959. The van der Waals surface area contributed by atoms with Gasteiger partial charge >= 0.3 is 0 Å². The number of carbonyl (C=O) groups excluding carboxylic acids is 2. The quantitative estimate of drug-likeness (QED) is 0.723. The summed E-state index contributed by atoms with van der Waals surface area (Å²) in [4.78, 5) is 29.9. The topological polar surface area (TPSA) is 64.7 Å². The van der Waals surface area contributed by atoms with Crippen molar-refractivity contribution in [1.82, 2.24) is 15.1 Å². The Bertz CT molecular complexity index is 891. The van der Waals surface area contributed by atoms with Crippen molar-refractivity contribution in [3.05, 3.63) is 65.7 Å². The summed E-state index contributed by atoms with van der Waals surface area (Å²) in [5.41, 5.74) is 2.44. The van der Waals surface area contributed by atoms with Crippen LogP contribution in [0.15, 0.2) is 54.6 Å². The van der Waals surface area contributed by atoms with Gasteiger partial charge in [-0.3, -0.25) is 14.5 Å². The Labute approximate surface area is 184 Å². The fourth-order valence-electron chi connectivity index (χ4n) is 4.08. The number of benzene rings is 2. The van der Waals surface area contributed by atoms with Crippen LogP contribution in [0.4, 0.5) is 5.69 Å². The largest absolute Gasteiger partial charge is 0.344 e. The molecular weight excluding hydrogens is 388 g/mol. The number of hydrogen-bond acceptors (Lipinski definition) is 4. The molecule has 0 bridgehead atoms. The molecule has 31 heavy (non-hydrogen) atoms. The van der Waals surface area contributed by atoms with Crippen LogP contribution >= 0.6 is 0 Å². The zero-order chi connectivity index (χ0) is 21.8. The Hall–Kier alpha value is -2.70. The third-order valence-corrected chi connectivity index (χ3v) is 6.40. The van der Waals surface area contributed by atoms with Crippen molar-refractivity contribution < 1.29 is 9.59 Å².